The van der Waals surface area contributed by atoms with Crippen molar-refractivity contribution in [3.8, 4) is 5.75 Å². The van der Waals surface area contributed by atoms with Crippen LogP contribution in [0.4, 0.5) is 0 Å². The van der Waals surface area contributed by atoms with Gasteiger partial charge < -0.3 is 9.47 Å². The molecule has 5 nitrogen and oxygen atoms in total. The van der Waals surface area contributed by atoms with Gasteiger partial charge in [0.1, 0.15) is 5.75 Å². The highest BCUT2D eigenvalue weighted by molar-refractivity contribution is 6.21. The van der Waals surface area contributed by atoms with Crippen molar-refractivity contribution in [2.75, 3.05) is 7.11 Å². The monoisotopic (exact) mass is 366 g/mol. The van der Waals surface area contributed by atoms with Crippen LogP contribution < -0.4 is 4.74 Å². The fourth-order valence-electron chi connectivity index (χ4n) is 3.21. The van der Waals surface area contributed by atoms with Crippen LogP contribution in [-0.2, 0) is 32.0 Å². The van der Waals surface area contributed by atoms with Crippen molar-refractivity contribution < 1.29 is 23.9 Å². The van der Waals surface area contributed by atoms with Gasteiger partial charge in [-0.05, 0) is 42.5 Å². The Kier molecular flexibility index (Phi) is 6.01. The number of Topliss-reactive ketones (excluding diaryl/α,β-unsaturated/α-hetero) is 2. The summed E-state index contributed by atoms with van der Waals surface area (Å²) in [7, 11) is 1.59. The number of cyclic esters (lactones) is 1. The fourth-order valence-corrected chi connectivity index (χ4v) is 3.21. The molecular weight excluding hydrogens is 344 g/mol. The number of methoxy groups -OCH3 is 1. The molecule has 27 heavy (non-hydrogen) atoms. The van der Waals surface area contributed by atoms with Gasteiger partial charge in [0, 0.05) is 6.42 Å². The van der Waals surface area contributed by atoms with Gasteiger partial charge >= 0.3 is 5.97 Å². The Morgan fingerprint density at radius 2 is 1.63 bits per heavy atom. The highest BCUT2D eigenvalue weighted by Gasteiger charge is 2.46. The van der Waals surface area contributed by atoms with Crippen LogP contribution in [0.15, 0.2) is 54.6 Å². The molecule has 0 bridgehead atoms. The lowest BCUT2D eigenvalue weighted by Gasteiger charge is -2.07. The molecule has 1 aliphatic rings. The molecule has 140 valence electrons. The van der Waals surface area contributed by atoms with E-state index in [9.17, 15) is 14.4 Å². The molecule has 2 atom stereocenters. The Morgan fingerprint density at radius 3 is 2.30 bits per heavy atom. The molecule has 2 unspecified atom stereocenters. The second-order valence-electron chi connectivity index (χ2n) is 6.60. The van der Waals surface area contributed by atoms with Crippen LogP contribution in [0.5, 0.6) is 5.75 Å². The van der Waals surface area contributed by atoms with Crippen LogP contribution >= 0.6 is 0 Å². The number of esters is 1. The van der Waals surface area contributed by atoms with E-state index in [1.165, 1.54) is 0 Å². The first-order valence-electron chi connectivity index (χ1n) is 9.02. The van der Waals surface area contributed by atoms with E-state index in [1.807, 2.05) is 54.6 Å². The highest BCUT2D eigenvalue weighted by atomic mass is 16.6. The first kappa shape index (κ1) is 18.8. The van der Waals surface area contributed by atoms with Gasteiger partial charge in [-0.1, -0.05) is 42.5 Å². The van der Waals surface area contributed by atoms with Gasteiger partial charge in [0.05, 0.1) is 7.11 Å². The fraction of sp³-hybridized carbons (Fsp3) is 0.318. The Bertz CT molecular complexity index is 810. The van der Waals surface area contributed by atoms with E-state index in [1.54, 1.807) is 7.11 Å². The molecule has 0 spiro atoms. The van der Waals surface area contributed by atoms with E-state index >= 15 is 0 Å². The topological polar surface area (TPSA) is 69.7 Å². The molecule has 1 fully saturated rings. The lowest BCUT2D eigenvalue weighted by Crippen LogP contribution is -2.28. The zero-order chi connectivity index (χ0) is 19.2. The van der Waals surface area contributed by atoms with Gasteiger partial charge in [-0.15, -0.1) is 0 Å². The van der Waals surface area contributed by atoms with E-state index in [2.05, 4.69) is 0 Å². The van der Waals surface area contributed by atoms with Crippen LogP contribution in [0.25, 0.3) is 0 Å². The standard InChI is InChI=1S/C22H22O5/c1-26-17-11-7-16(8-12-17)9-13-18(23)20-21(24)19(27-22(20)25)14-10-15-5-3-2-4-6-15/h2-8,11-12,19-20H,9-10,13-14H2,1H3. The second kappa shape index (κ2) is 8.62. The van der Waals surface area contributed by atoms with Crippen molar-refractivity contribution in [1.82, 2.24) is 0 Å². The molecule has 2 aromatic rings. The molecule has 3 rings (SSSR count). The zero-order valence-corrected chi connectivity index (χ0v) is 15.2. The van der Waals surface area contributed by atoms with Crippen LogP contribution in [0.2, 0.25) is 0 Å². The number of hydrogen-bond donors (Lipinski definition) is 0. The van der Waals surface area contributed by atoms with E-state index in [4.69, 9.17) is 9.47 Å². The van der Waals surface area contributed by atoms with Crippen molar-refractivity contribution >= 4 is 17.5 Å². The quantitative estimate of drug-likeness (QED) is 0.531. The van der Waals surface area contributed by atoms with Crippen LogP contribution in [0, 0.1) is 5.92 Å². The lowest BCUT2D eigenvalue weighted by atomic mass is 9.92. The van der Waals surface area contributed by atoms with Gasteiger partial charge in [0.25, 0.3) is 0 Å². The summed E-state index contributed by atoms with van der Waals surface area (Å²) in [6.07, 6.45) is 0.791. The first-order valence-corrected chi connectivity index (χ1v) is 9.02. The molecule has 5 heteroatoms. The van der Waals surface area contributed by atoms with Crippen LogP contribution in [0.3, 0.4) is 0 Å². The van der Waals surface area contributed by atoms with E-state index in [0.29, 0.717) is 19.3 Å². The summed E-state index contributed by atoms with van der Waals surface area (Å²) in [4.78, 5) is 37.0. The maximum atomic E-state index is 12.5. The average Bonchev–Trinajstić information content (AvgIpc) is 2.99. The molecular formula is C22H22O5. The number of hydrogen-bond acceptors (Lipinski definition) is 5. The number of ether oxygens (including phenoxy) is 2. The summed E-state index contributed by atoms with van der Waals surface area (Å²) in [5.74, 6) is -2.03. The molecule has 0 N–H and O–H groups in total. The largest absolute Gasteiger partial charge is 0.497 e. The molecule has 0 aliphatic carbocycles. The van der Waals surface area contributed by atoms with Gasteiger partial charge in [-0.2, -0.15) is 0 Å². The second-order valence-corrected chi connectivity index (χ2v) is 6.60. The molecule has 1 heterocycles. The maximum Gasteiger partial charge on any atom is 0.325 e. The Morgan fingerprint density at radius 1 is 0.963 bits per heavy atom. The van der Waals surface area contributed by atoms with Crippen LogP contribution in [0.1, 0.15) is 24.0 Å². The summed E-state index contributed by atoms with van der Waals surface area (Å²) in [6.45, 7) is 0. The predicted octanol–water partition coefficient (Wildman–Crippen LogP) is 2.94. The number of carbonyl (C=O) groups is 3. The maximum absolute atomic E-state index is 12.5. The molecule has 2 aromatic carbocycles. The first-order chi connectivity index (χ1) is 13.1. The normalized spacial score (nSPS) is 19.0. The van der Waals surface area contributed by atoms with Gasteiger partial charge in [-0.25, -0.2) is 0 Å². The summed E-state index contributed by atoms with van der Waals surface area (Å²) in [5, 5.41) is 0. The third-order valence-corrected chi connectivity index (χ3v) is 4.78. The number of rotatable bonds is 8. The van der Waals surface area contributed by atoms with Gasteiger partial charge in [0.2, 0.25) is 0 Å². The number of ketones is 2. The van der Waals surface area contributed by atoms with Gasteiger partial charge in [0.15, 0.2) is 23.6 Å². The third kappa shape index (κ3) is 4.61. The van der Waals surface area contributed by atoms with Crippen LogP contribution in [-0.4, -0.2) is 30.7 Å². The smallest absolute Gasteiger partial charge is 0.325 e. The molecule has 0 saturated carbocycles. The Balaban J connectivity index is 1.54. The molecule has 1 saturated heterocycles. The lowest BCUT2D eigenvalue weighted by molar-refractivity contribution is -0.147. The van der Waals surface area contributed by atoms with Crippen molar-refractivity contribution in [2.24, 2.45) is 5.92 Å². The third-order valence-electron chi connectivity index (χ3n) is 4.78. The molecule has 0 amide bonds. The average molecular weight is 366 g/mol. The number of carbonyl (C=O) groups excluding carboxylic acids is 3. The van der Waals surface area contributed by atoms with E-state index in [0.717, 1.165) is 16.9 Å². The van der Waals surface area contributed by atoms with Crippen molar-refractivity contribution in [2.45, 2.75) is 31.8 Å². The summed E-state index contributed by atoms with van der Waals surface area (Å²) >= 11 is 0. The minimum absolute atomic E-state index is 0.128. The molecule has 0 radical (unpaired) electrons. The van der Waals surface area contributed by atoms with Crippen molar-refractivity contribution in [3.05, 3.63) is 65.7 Å². The summed E-state index contributed by atoms with van der Waals surface area (Å²) in [6, 6.07) is 17.0. The Labute approximate surface area is 158 Å². The number of aryl methyl sites for hydroxylation is 2. The van der Waals surface area contributed by atoms with Crippen molar-refractivity contribution in [3.63, 3.8) is 0 Å². The van der Waals surface area contributed by atoms with E-state index < -0.39 is 23.8 Å². The van der Waals surface area contributed by atoms with Gasteiger partial charge in [-0.3, -0.25) is 14.4 Å². The molecule has 1 aliphatic heterocycles. The highest BCUT2D eigenvalue weighted by Crippen LogP contribution is 2.24. The summed E-state index contributed by atoms with van der Waals surface area (Å²) < 4.78 is 10.3. The summed E-state index contributed by atoms with van der Waals surface area (Å²) in [5.41, 5.74) is 2.01. The zero-order valence-electron chi connectivity index (χ0n) is 15.2. The predicted molar refractivity (Wildman–Crippen MR) is 99.5 cm³/mol. The van der Waals surface area contributed by atoms with Crippen molar-refractivity contribution in [1.29, 1.82) is 0 Å². The minimum atomic E-state index is -1.27. The van der Waals surface area contributed by atoms with E-state index in [-0.39, 0.29) is 12.2 Å². The minimum Gasteiger partial charge on any atom is -0.497 e. The Hall–Kier alpha value is -2.95. The number of benzene rings is 2. The SMILES string of the molecule is COc1ccc(CCC(=O)C2C(=O)OC(CCc3ccccc3)C2=O)cc1. The molecule has 0 aromatic heterocycles.